The van der Waals surface area contributed by atoms with Crippen molar-refractivity contribution >= 4 is 50.6 Å². The lowest BCUT2D eigenvalue weighted by molar-refractivity contribution is -0.123. The maximum atomic E-state index is 13.9. The molecule has 4 atom stereocenters. The van der Waals surface area contributed by atoms with E-state index >= 15 is 0 Å². The average Bonchev–Trinajstić information content (AvgIpc) is 3.63. The fraction of sp³-hybridized carbons (Fsp3) is 0.343. The number of hydrogen-bond donors (Lipinski definition) is 6. The van der Waals surface area contributed by atoms with Gasteiger partial charge in [-0.15, -0.1) is 11.3 Å². The number of pyridine rings is 1. The van der Waals surface area contributed by atoms with Gasteiger partial charge in [0.1, 0.15) is 0 Å². The first-order chi connectivity index (χ1) is 24.4. The monoisotopic (exact) mass is 733 g/mol. The Labute approximate surface area is 301 Å². The molecule has 2 aromatic heterocycles. The van der Waals surface area contributed by atoms with Crippen molar-refractivity contribution in [3.63, 3.8) is 0 Å². The first kappa shape index (κ1) is 37.4. The number of benzene rings is 2. The summed E-state index contributed by atoms with van der Waals surface area (Å²) in [4.78, 5) is 49.0. The molecule has 3 heterocycles. The third-order valence-electron chi connectivity index (χ3n) is 8.51. The van der Waals surface area contributed by atoms with Crippen LogP contribution in [0.4, 0.5) is 11.4 Å². The molecule has 4 aromatic rings. The van der Waals surface area contributed by atoms with Crippen molar-refractivity contribution in [2.45, 2.75) is 57.8 Å². The van der Waals surface area contributed by atoms with Gasteiger partial charge in [0.05, 0.1) is 35.0 Å². The molecule has 14 nitrogen and oxygen atoms in total. The molecule has 3 amide bonds. The molecule has 1 fully saturated rings. The summed E-state index contributed by atoms with van der Waals surface area (Å²) in [6.07, 6.45) is 4.18. The quantitative estimate of drug-likeness (QED) is 0.106. The molecule has 16 heteroatoms. The molecule has 1 aliphatic rings. The zero-order valence-corrected chi connectivity index (χ0v) is 30.3. The SMILES string of the molecule is CC(NC(=O)c1cc(C(=O)N[C@H](CN[C@@H](C)C(=O)N[C@H](C)c2ccc(N)cc2)Cc2cscn2)cc(N2CCCNS2(=O)=O)c1)c1cccnc1. The van der Waals surface area contributed by atoms with Gasteiger partial charge in [-0.2, -0.15) is 13.1 Å². The Morgan fingerprint density at radius 2 is 1.67 bits per heavy atom. The lowest BCUT2D eigenvalue weighted by Gasteiger charge is -2.29. The van der Waals surface area contributed by atoms with Gasteiger partial charge in [-0.3, -0.25) is 23.7 Å². The van der Waals surface area contributed by atoms with E-state index in [1.54, 1.807) is 50.0 Å². The molecule has 0 aliphatic carbocycles. The van der Waals surface area contributed by atoms with E-state index in [2.05, 4.69) is 36.0 Å². The Morgan fingerprint density at radius 3 is 2.31 bits per heavy atom. The van der Waals surface area contributed by atoms with Crippen LogP contribution in [0.2, 0.25) is 0 Å². The minimum Gasteiger partial charge on any atom is -0.399 e. The number of aromatic nitrogens is 2. The zero-order valence-electron chi connectivity index (χ0n) is 28.6. The second-order valence-electron chi connectivity index (χ2n) is 12.5. The van der Waals surface area contributed by atoms with Crippen LogP contribution in [-0.2, 0) is 21.4 Å². The summed E-state index contributed by atoms with van der Waals surface area (Å²) in [5.41, 5.74) is 11.0. The second-order valence-corrected chi connectivity index (χ2v) is 14.9. The Balaban J connectivity index is 1.34. The number of rotatable bonds is 14. The molecule has 1 saturated heterocycles. The molecule has 1 unspecified atom stereocenters. The van der Waals surface area contributed by atoms with E-state index in [1.807, 2.05) is 30.5 Å². The van der Waals surface area contributed by atoms with Gasteiger partial charge in [-0.25, -0.2) is 4.98 Å². The van der Waals surface area contributed by atoms with E-state index in [4.69, 9.17) is 5.73 Å². The largest absolute Gasteiger partial charge is 0.399 e. The van der Waals surface area contributed by atoms with Gasteiger partial charge in [0.2, 0.25) is 5.91 Å². The standard InChI is InChI=1S/C35H43N9O5S2/c1-22(25-7-9-29(36)10-8-25)41-33(45)24(3)38-19-30(17-31-20-50-21-39-31)43-35(47)28-14-27(34(46)42-23(2)26-6-4-11-37-18-26)15-32(16-28)44-13-5-12-40-51(44,48)49/h4,6-11,14-16,18,20-24,30,38,40H,5,12-13,17,19,36H2,1-3H3,(H,41,45)(H,42,46)(H,43,47)/t22-,23?,24+,30+/m1/s1. The number of amides is 3. The van der Waals surface area contributed by atoms with Crippen LogP contribution >= 0.6 is 11.3 Å². The number of nitrogens with one attached hydrogen (secondary N) is 5. The number of nitrogens with two attached hydrogens (primary N) is 1. The lowest BCUT2D eigenvalue weighted by atomic mass is 10.0. The maximum Gasteiger partial charge on any atom is 0.301 e. The Morgan fingerprint density at radius 1 is 0.961 bits per heavy atom. The zero-order chi connectivity index (χ0) is 36.5. The Kier molecular flexibility index (Phi) is 12.4. The topological polar surface area (TPSA) is 201 Å². The molecular formula is C35H43N9O5S2. The normalized spacial score (nSPS) is 16.3. The number of hydrogen-bond acceptors (Lipinski definition) is 10. The first-order valence-corrected chi connectivity index (χ1v) is 19.0. The fourth-order valence-electron chi connectivity index (χ4n) is 5.55. The highest BCUT2D eigenvalue weighted by Crippen LogP contribution is 2.25. The minimum absolute atomic E-state index is 0.0962. The van der Waals surface area contributed by atoms with Crippen molar-refractivity contribution in [2.75, 3.05) is 29.7 Å². The summed E-state index contributed by atoms with van der Waals surface area (Å²) < 4.78 is 29.6. The van der Waals surface area contributed by atoms with Crippen molar-refractivity contribution in [2.24, 2.45) is 0 Å². The predicted octanol–water partition coefficient (Wildman–Crippen LogP) is 2.85. The van der Waals surface area contributed by atoms with Crippen LogP contribution in [0.5, 0.6) is 0 Å². The van der Waals surface area contributed by atoms with E-state index in [9.17, 15) is 22.8 Å². The number of carbonyl (C=O) groups is 3. The number of anilines is 2. The number of carbonyl (C=O) groups excluding carboxylic acids is 3. The molecule has 7 N–H and O–H groups in total. The van der Waals surface area contributed by atoms with Gasteiger partial charge in [0.15, 0.2) is 0 Å². The van der Waals surface area contributed by atoms with Crippen molar-refractivity contribution in [3.05, 3.63) is 106 Å². The third-order valence-corrected chi connectivity index (χ3v) is 10.7. The van der Waals surface area contributed by atoms with Gasteiger partial charge >= 0.3 is 10.2 Å². The summed E-state index contributed by atoms with van der Waals surface area (Å²) in [6.45, 7) is 6.11. The highest BCUT2D eigenvalue weighted by Gasteiger charge is 2.28. The summed E-state index contributed by atoms with van der Waals surface area (Å²) in [6, 6.07) is 13.5. The van der Waals surface area contributed by atoms with E-state index in [-0.39, 0.29) is 48.4 Å². The van der Waals surface area contributed by atoms with Crippen molar-refractivity contribution in [3.8, 4) is 0 Å². The average molecular weight is 734 g/mol. The minimum atomic E-state index is -3.89. The van der Waals surface area contributed by atoms with Crippen LogP contribution in [0.25, 0.3) is 0 Å². The van der Waals surface area contributed by atoms with E-state index in [1.165, 1.54) is 29.5 Å². The first-order valence-electron chi connectivity index (χ1n) is 16.6. The van der Waals surface area contributed by atoms with E-state index in [0.29, 0.717) is 18.5 Å². The lowest BCUT2D eigenvalue weighted by Crippen LogP contribution is -2.50. The molecule has 5 rings (SSSR count). The fourth-order valence-corrected chi connectivity index (χ4v) is 7.44. The van der Waals surface area contributed by atoms with Crippen LogP contribution in [0.15, 0.2) is 77.9 Å². The smallest absolute Gasteiger partial charge is 0.301 e. The maximum absolute atomic E-state index is 13.9. The molecule has 0 saturated carbocycles. The highest BCUT2D eigenvalue weighted by molar-refractivity contribution is 7.90. The molecular weight excluding hydrogens is 691 g/mol. The molecule has 1 aliphatic heterocycles. The van der Waals surface area contributed by atoms with Crippen LogP contribution in [0.3, 0.4) is 0 Å². The summed E-state index contributed by atoms with van der Waals surface area (Å²) in [5.74, 6) is -1.23. The number of nitrogens with zero attached hydrogens (tertiary/aromatic N) is 3. The molecule has 0 spiro atoms. The van der Waals surface area contributed by atoms with E-state index < -0.39 is 40.1 Å². The molecule has 51 heavy (non-hydrogen) atoms. The van der Waals surface area contributed by atoms with Crippen molar-refractivity contribution in [1.29, 1.82) is 0 Å². The Hall–Kier alpha value is -4.90. The molecule has 0 radical (unpaired) electrons. The van der Waals surface area contributed by atoms with Gasteiger partial charge < -0.3 is 27.0 Å². The Bertz CT molecular complexity index is 1910. The van der Waals surface area contributed by atoms with Crippen LogP contribution in [0.1, 0.15) is 76.8 Å². The predicted molar refractivity (Wildman–Crippen MR) is 197 cm³/mol. The van der Waals surface area contributed by atoms with Crippen LogP contribution in [0, 0.1) is 0 Å². The molecule has 2 aromatic carbocycles. The van der Waals surface area contributed by atoms with Gasteiger partial charge in [-0.1, -0.05) is 18.2 Å². The summed E-state index contributed by atoms with van der Waals surface area (Å²) in [7, 11) is -3.89. The van der Waals surface area contributed by atoms with Crippen LogP contribution < -0.4 is 36.0 Å². The number of nitrogen functional groups attached to an aromatic ring is 1. The van der Waals surface area contributed by atoms with Crippen molar-refractivity contribution < 1.29 is 22.8 Å². The second kappa shape index (κ2) is 16.9. The molecule has 270 valence electrons. The number of thiazole rings is 1. The third kappa shape index (κ3) is 10.1. The van der Waals surface area contributed by atoms with Gasteiger partial charge in [0.25, 0.3) is 11.8 Å². The molecule has 0 bridgehead atoms. The van der Waals surface area contributed by atoms with Gasteiger partial charge in [0, 0.05) is 66.7 Å². The van der Waals surface area contributed by atoms with Crippen molar-refractivity contribution in [1.82, 2.24) is 36.0 Å². The summed E-state index contributed by atoms with van der Waals surface area (Å²) in [5, 5.41) is 14.0. The summed E-state index contributed by atoms with van der Waals surface area (Å²) >= 11 is 1.42. The highest BCUT2D eigenvalue weighted by atomic mass is 32.2. The van der Waals surface area contributed by atoms with Crippen LogP contribution in [-0.4, -0.2) is 67.8 Å². The van der Waals surface area contributed by atoms with Gasteiger partial charge in [-0.05, 0) is 74.7 Å². The van der Waals surface area contributed by atoms with E-state index in [0.717, 1.165) is 21.1 Å².